The number of ether oxygens (including phenoxy) is 2. The number of hydrogen-bond donors (Lipinski definition) is 2. The number of halogens is 1. The number of nitrogens with one attached hydrogen (secondary N) is 1. The van der Waals surface area contributed by atoms with Crippen LogP contribution in [-0.4, -0.2) is 21.9 Å². The Labute approximate surface area is 205 Å². The summed E-state index contributed by atoms with van der Waals surface area (Å²) in [7, 11) is 0. The average Bonchev–Trinajstić information content (AvgIpc) is 2.87. The lowest BCUT2D eigenvalue weighted by Gasteiger charge is -2.13. The number of pyridine rings is 1. The van der Waals surface area contributed by atoms with Crippen molar-refractivity contribution in [2.45, 2.75) is 12.5 Å². The van der Waals surface area contributed by atoms with Gasteiger partial charge in [0.2, 0.25) is 11.8 Å². The molecular weight excluding hydrogens is 467 g/mol. The minimum Gasteiger partial charge on any atom is -0.457 e. The molecule has 4 aromatic rings. The van der Waals surface area contributed by atoms with Gasteiger partial charge in [-0.2, -0.15) is 0 Å². The second-order valence-corrected chi connectivity index (χ2v) is 7.74. The Bertz CT molecular complexity index is 1350. The number of benzene rings is 3. The zero-order valence-corrected chi connectivity index (χ0v) is 18.8. The molecule has 0 aliphatic carbocycles. The van der Waals surface area contributed by atoms with Crippen LogP contribution in [0.25, 0.3) is 0 Å². The highest BCUT2D eigenvalue weighted by Gasteiger charge is 2.15. The maximum absolute atomic E-state index is 13.3. The third-order valence-electron chi connectivity index (χ3n) is 5.02. The molecule has 0 saturated heterocycles. The monoisotopic (exact) mass is 488 g/mol. The summed E-state index contributed by atoms with van der Waals surface area (Å²) < 4.78 is 24.7. The van der Waals surface area contributed by atoms with Gasteiger partial charge in [0.05, 0.1) is 11.0 Å². The van der Waals surface area contributed by atoms with E-state index in [1.165, 1.54) is 30.3 Å². The van der Waals surface area contributed by atoms with E-state index in [1.807, 2.05) is 12.1 Å². The van der Waals surface area contributed by atoms with Crippen molar-refractivity contribution < 1.29 is 23.6 Å². The van der Waals surface area contributed by atoms with E-state index in [0.717, 1.165) is 11.8 Å². The average molecular weight is 488 g/mol. The summed E-state index contributed by atoms with van der Waals surface area (Å²) >= 11 is 0. The van der Waals surface area contributed by atoms with E-state index >= 15 is 0 Å². The molecular formula is C26H21FN4O5. The summed E-state index contributed by atoms with van der Waals surface area (Å²) in [6.45, 7) is 0. The van der Waals surface area contributed by atoms with E-state index in [-0.39, 0.29) is 11.6 Å². The molecule has 10 heteroatoms. The SMILES string of the molecule is N[C@@H](Cc1ccc(Oc2ccc(Oc3ccc([N+](=O)[O-])cn3)cc2)cc1)C(=O)Nc1cccc(F)c1. The number of hydrogen-bond acceptors (Lipinski definition) is 7. The lowest BCUT2D eigenvalue weighted by molar-refractivity contribution is -0.385. The molecule has 1 aromatic heterocycles. The zero-order chi connectivity index (χ0) is 25.5. The van der Waals surface area contributed by atoms with Crippen molar-refractivity contribution in [3.8, 4) is 23.1 Å². The van der Waals surface area contributed by atoms with Crippen molar-refractivity contribution in [2.75, 3.05) is 5.32 Å². The lowest BCUT2D eigenvalue weighted by Crippen LogP contribution is -2.37. The number of rotatable bonds is 9. The molecule has 0 aliphatic heterocycles. The van der Waals surface area contributed by atoms with Gasteiger partial charge in [-0.25, -0.2) is 9.37 Å². The smallest absolute Gasteiger partial charge is 0.287 e. The van der Waals surface area contributed by atoms with Crippen LogP contribution in [0.15, 0.2) is 91.1 Å². The van der Waals surface area contributed by atoms with Crippen LogP contribution in [0.5, 0.6) is 23.1 Å². The molecule has 3 N–H and O–H groups in total. The predicted molar refractivity (Wildman–Crippen MR) is 131 cm³/mol. The number of aromatic nitrogens is 1. The standard InChI is InChI=1S/C26H21FN4O5/c27-18-2-1-3-19(15-18)30-26(32)24(28)14-17-4-7-21(8-5-17)35-22-9-11-23(12-10-22)36-25-13-6-20(16-29-25)31(33)34/h1-13,15-16,24H,14,28H2,(H,30,32)/t24-/m0/s1. The number of carbonyl (C=O) groups is 1. The Morgan fingerprint density at radius 1 is 0.972 bits per heavy atom. The first kappa shape index (κ1) is 24.3. The first-order valence-corrected chi connectivity index (χ1v) is 10.8. The van der Waals surface area contributed by atoms with Gasteiger partial charge in [-0.05, 0) is 66.6 Å². The van der Waals surface area contributed by atoms with Crippen molar-refractivity contribution in [1.29, 1.82) is 0 Å². The van der Waals surface area contributed by atoms with Gasteiger partial charge in [0.1, 0.15) is 29.3 Å². The van der Waals surface area contributed by atoms with Gasteiger partial charge in [0.25, 0.3) is 5.69 Å². The summed E-state index contributed by atoms with van der Waals surface area (Å²) in [6.07, 6.45) is 1.42. The Morgan fingerprint density at radius 2 is 1.61 bits per heavy atom. The van der Waals surface area contributed by atoms with Gasteiger partial charge in [-0.15, -0.1) is 0 Å². The first-order chi connectivity index (χ1) is 17.4. The molecule has 1 atom stereocenters. The summed E-state index contributed by atoms with van der Waals surface area (Å²) in [5.41, 5.74) is 7.07. The summed E-state index contributed by atoms with van der Waals surface area (Å²) in [5.74, 6) is 1.02. The Morgan fingerprint density at radius 3 is 2.19 bits per heavy atom. The molecule has 0 saturated carbocycles. The molecule has 1 heterocycles. The van der Waals surface area contributed by atoms with Gasteiger partial charge in [-0.3, -0.25) is 14.9 Å². The van der Waals surface area contributed by atoms with Crippen LogP contribution in [0.4, 0.5) is 15.8 Å². The van der Waals surface area contributed by atoms with Crippen molar-refractivity contribution in [2.24, 2.45) is 5.73 Å². The molecule has 0 radical (unpaired) electrons. The van der Waals surface area contributed by atoms with Crippen LogP contribution in [-0.2, 0) is 11.2 Å². The molecule has 9 nitrogen and oxygen atoms in total. The molecule has 0 fully saturated rings. The van der Waals surface area contributed by atoms with Gasteiger partial charge in [-0.1, -0.05) is 18.2 Å². The quantitative estimate of drug-likeness (QED) is 0.244. The molecule has 0 unspecified atom stereocenters. The maximum atomic E-state index is 13.3. The van der Waals surface area contributed by atoms with Crippen molar-refractivity contribution in [3.63, 3.8) is 0 Å². The zero-order valence-electron chi connectivity index (χ0n) is 18.8. The van der Waals surface area contributed by atoms with E-state index in [0.29, 0.717) is 29.4 Å². The maximum Gasteiger partial charge on any atom is 0.287 e. The molecule has 4 rings (SSSR count). The van der Waals surface area contributed by atoms with Gasteiger partial charge >= 0.3 is 0 Å². The minimum atomic E-state index is -0.808. The summed E-state index contributed by atoms with van der Waals surface area (Å²) in [4.78, 5) is 26.4. The number of anilines is 1. The second-order valence-electron chi connectivity index (χ2n) is 7.74. The van der Waals surface area contributed by atoms with Gasteiger partial charge < -0.3 is 20.5 Å². The number of amides is 1. The van der Waals surface area contributed by atoms with Crippen LogP contribution in [0, 0.1) is 15.9 Å². The Kier molecular flexibility index (Phi) is 7.47. The summed E-state index contributed by atoms with van der Waals surface area (Å²) in [6, 6.07) is 21.5. The Hall–Kier alpha value is -4.83. The van der Waals surface area contributed by atoms with Gasteiger partial charge in [0, 0.05) is 17.8 Å². The highest BCUT2D eigenvalue weighted by Crippen LogP contribution is 2.27. The van der Waals surface area contributed by atoms with Crippen LogP contribution >= 0.6 is 0 Å². The number of carbonyl (C=O) groups excluding carboxylic acids is 1. The number of nitro groups is 1. The van der Waals surface area contributed by atoms with Crippen molar-refractivity contribution >= 4 is 17.3 Å². The largest absolute Gasteiger partial charge is 0.457 e. The molecule has 3 aromatic carbocycles. The van der Waals surface area contributed by atoms with E-state index in [1.54, 1.807) is 42.5 Å². The molecule has 182 valence electrons. The number of nitrogens with zero attached hydrogens (tertiary/aromatic N) is 2. The molecule has 0 spiro atoms. The fourth-order valence-corrected chi connectivity index (χ4v) is 3.21. The van der Waals surface area contributed by atoms with E-state index in [4.69, 9.17) is 15.2 Å². The fraction of sp³-hybridized carbons (Fsp3) is 0.0769. The Balaban J connectivity index is 1.29. The molecule has 1 amide bonds. The van der Waals surface area contributed by atoms with E-state index in [2.05, 4.69) is 10.3 Å². The van der Waals surface area contributed by atoms with Crippen molar-refractivity contribution in [3.05, 3.63) is 113 Å². The second kappa shape index (κ2) is 11.1. The topological polar surface area (TPSA) is 130 Å². The van der Waals surface area contributed by atoms with E-state index in [9.17, 15) is 19.3 Å². The molecule has 0 aliphatic rings. The van der Waals surface area contributed by atoms with E-state index < -0.39 is 22.7 Å². The summed E-state index contributed by atoms with van der Waals surface area (Å²) in [5, 5.41) is 13.3. The highest BCUT2D eigenvalue weighted by atomic mass is 19.1. The lowest BCUT2D eigenvalue weighted by atomic mass is 10.1. The minimum absolute atomic E-state index is 0.119. The van der Waals surface area contributed by atoms with Gasteiger partial charge in [0.15, 0.2) is 0 Å². The van der Waals surface area contributed by atoms with Crippen LogP contribution < -0.4 is 20.5 Å². The van der Waals surface area contributed by atoms with Crippen LogP contribution in [0.2, 0.25) is 0 Å². The molecule has 36 heavy (non-hydrogen) atoms. The van der Waals surface area contributed by atoms with Crippen LogP contribution in [0.3, 0.4) is 0 Å². The van der Waals surface area contributed by atoms with Crippen molar-refractivity contribution in [1.82, 2.24) is 4.98 Å². The highest BCUT2D eigenvalue weighted by molar-refractivity contribution is 5.94. The third kappa shape index (κ3) is 6.61. The normalized spacial score (nSPS) is 11.4. The molecule has 0 bridgehead atoms. The number of nitrogens with two attached hydrogens (primary N) is 1. The van der Waals surface area contributed by atoms with Crippen LogP contribution in [0.1, 0.15) is 5.56 Å². The fourth-order valence-electron chi connectivity index (χ4n) is 3.21. The first-order valence-electron chi connectivity index (χ1n) is 10.8. The third-order valence-corrected chi connectivity index (χ3v) is 5.02. The predicted octanol–water partition coefficient (Wildman–Crippen LogP) is 5.22.